The lowest BCUT2D eigenvalue weighted by atomic mass is 10.2. The van der Waals surface area contributed by atoms with E-state index in [1.54, 1.807) is 38.6 Å². The first-order valence-electron chi connectivity index (χ1n) is 12.5. The quantitative estimate of drug-likeness (QED) is 0.217. The molecule has 0 spiro atoms. The number of ether oxygens (including phenoxy) is 5. The fourth-order valence-corrected chi connectivity index (χ4v) is 4.60. The summed E-state index contributed by atoms with van der Waals surface area (Å²) >= 11 is 3.44. The summed E-state index contributed by atoms with van der Waals surface area (Å²) in [4.78, 5) is 18.1. The van der Waals surface area contributed by atoms with E-state index >= 15 is 0 Å². The van der Waals surface area contributed by atoms with E-state index in [-0.39, 0.29) is 19.0 Å². The summed E-state index contributed by atoms with van der Waals surface area (Å²) < 4.78 is 30.3. The highest BCUT2D eigenvalue weighted by molar-refractivity contribution is 9.10. The van der Waals surface area contributed by atoms with Crippen LogP contribution < -0.4 is 29.2 Å². The van der Waals surface area contributed by atoms with Crippen molar-refractivity contribution in [1.29, 1.82) is 0 Å². The van der Waals surface area contributed by atoms with E-state index in [0.717, 1.165) is 22.9 Å². The van der Waals surface area contributed by atoms with Crippen LogP contribution in [0.15, 0.2) is 62.9 Å². The number of unbranched alkanes of at least 4 members (excludes halogenated alkanes) is 1. The van der Waals surface area contributed by atoms with Gasteiger partial charge in [0.05, 0.1) is 31.3 Å². The van der Waals surface area contributed by atoms with E-state index in [2.05, 4.69) is 28.0 Å². The molecule has 1 aliphatic heterocycles. The number of halogens is 1. The van der Waals surface area contributed by atoms with E-state index in [9.17, 15) is 4.79 Å². The van der Waals surface area contributed by atoms with Gasteiger partial charge >= 0.3 is 0 Å². The molecule has 2 heterocycles. The molecule has 3 aromatic carbocycles. The molecule has 10 heteroatoms. The lowest BCUT2D eigenvalue weighted by molar-refractivity contribution is 0.174. The maximum atomic E-state index is 13.4. The van der Waals surface area contributed by atoms with Gasteiger partial charge in [0.2, 0.25) is 12.5 Å². The van der Waals surface area contributed by atoms with Gasteiger partial charge in [-0.25, -0.2) is 4.98 Å². The average molecular weight is 594 g/mol. The lowest BCUT2D eigenvalue weighted by Gasteiger charge is -2.15. The van der Waals surface area contributed by atoms with Gasteiger partial charge in [-0.15, -0.1) is 0 Å². The largest absolute Gasteiger partial charge is 0.493 e. The van der Waals surface area contributed by atoms with Crippen LogP contribution in [0, 0.1) is 0 Å². The highest BCUT2D eigenvalue weighted by Crippen LogP contribution is 2.39. The van der Waals surface area contributed by atoms with Gasteiger partial charge in [-0.3, -0.25) is 4.79 Å². The molecule has 1 aromatic heterocycles. The Balaban J connectivity index is 1.46. The molecule has 0 saturated carbocycles. The Morgan fingerprint density at radius 2 is 1.82 bits per heavy atom. The zero-order valence-electron chi connectivity index (χ0n) is 21.9. The molecule has 4 aromatic rings. The van der Waals surface area contributed by atoms with Gasteiger partial charge in [0.25, 0.3) is 5.56 Å². The molecule has 0 N–H and O–H groups in total. The van der Waals surface area contributed by atoms with Crippen LogP contribution in [0.25, 0.3) is 10.9 Å². The molecule has 0 radical (unpaired) electrons. The summed E-state index contributed by atoms with van der Waals surface area (Å²) in [5.74, 6) is 3.39. The zero-order chi connectivity index (χ0) is 27.4. The third-order valence-electron chi connectivity index (χ3n) is 6.25. The normalized spacial score (nSPS) is 12.3. The summed E-state index contributed by atoms with van der Waals surface area (Å²) in [6.45, 7) is 2.58. The van der Waals surface area contributed by atoms with E-state index in [1.165, 1.54) is 4.68 Å². The Hall–Kier alpha value is -4.05. The molecule has 9 nitrogen and oxygen atoms in total. The minimum atomic E-state index is -0.230. The number of fused-ring (bicyclic) bond motifs is 2. The van der Waals surface area contributed by atoms with E-state index < -0.39 is 0 Å². The monoisotopic (exact) mass is 593 g/mol. The summed E-state index contributed by atoms with van der Waals surface area (Å²) in [6.07, 6.45) is 4.09. The lowest BCUT2D eigenvalue weighted by Crippen LogP contribution is -2.22. The first-order valence-corrected chi connectivity index (χ1v) is 13.3. The molecule has 0 fully saturated rings. The standard InChI is InChI=1S/C29H28BrN3O6/c1-4-5-6-27-32-22-9-8-20(30)14-21(22)29(34)33(27)31-15-19-12-25(35-2)28(26(13-19)36-3)37-16-18-7-10-23-24(11-18)39-17-38-23/h7-15H,4-6,16-17H2,1-3H3. The van der Waals surface area contributed by atoms with Gasteiger partial charge in [0.1, 0.15) is 12.4 Å². The smallest absolute Gasteiger partial charge is 0.282 e. The molecule has 202 valence electrons. The molecule has 39 heavy (non-hydrogen) atoms. The molecule has 0 atom stereocenters. The maximum absolute atomic E-state index is 13.4. The van der Waals surface area contributed by atoms with Gasteiger partial charge in [0.15, 0.2) is 23.0 Å². The van der Waals surface area contributed by atoms with E-state index in [4.69, 9.17) is 28.7 Å². The van der Waals surface area contributed by atoms with Gasteiger partial charge in [-0.05, 0) is 54.4 Å². The number of rotatable bonds is 10. The molecule has 0 saturated heterocycles. The zero-order valence-corrected chi connectivity index (χ0v) is 23.5. The second-order valence-electron chi connectivity index (χ2n) is 8.89. The number of hydrogen-bond acceptors (Lipinski definition) is 8. The van der Waals surface area contributed by atoms with Crippen molar-refractivity contribution < 1.29 is 23.7 Å². The summed E-state index contributed by atoms with van der Waals surface area (Å²) in [6, 6.07) is 14.7. The maximum Gasteiger partial charge on any atom is 0.282 e. The predicted octanol–water partition coefficient (Wildman–Crippen LogP) is 5.71. The second kappa shape index (κ2) is 11.8. The topological polar surface area (TPSA) is 93.4 Å². The van der Waals surface area contributed by atoms with Crippen molar-refractivity contribution in [2.24, 2.45) is 5.10 Å². The molecule has 5 rings (SSSR count). The molecule has 0 unspecified atom stereocenters. The van der Waals surface area contributed by atoms with Crippen LogP contribution >= 0.6 is 15.9 Å². The summed E-state index contributed by atoms with van der Waals surface area (Å²) in [7, 11) is 3.11. The van der Waals surface area contributed by atoms with E-state index in [0.29, 0.717) is 57.5 Å². The van der Waals surface area contributed by atoms with Gasteiger partial charge in [0, 0.05) is 16.5 Å². The first kappa shape index (κ1) is 26.6. The molecule has 0 aliphatic carbocycles. The van der Waals surface area contributed by atoms with Gasteiger partial charge in [-0.2, -0.15) is 9.78 Å². The number of aryl methyl sites for hydroxylation is 1. The predicted molar refractivity (Wildman–Crippen MR) is 152 cm³/mol. The van der Waals surface area contributed by atoms with Gasteiger partial charge < -0.3 is 23.7 Å². The highest BCUT2D eigenvalue weighted by Gasteiger charge is 2.17. The molecule has 0 amide bonds. The van der Waals surface area contributed by atoms with Crippen LogP contribution in [0.3, 0.4) is 0 Å². The SMILES string of the molecule is CCCCc1nc2ccc(Br)cc2c(=O)n1N=Cc1cc(OC)c(OCc2ccc3c(c2)OCO3)c(OC)c1. The third kappa shape index (κ3) is 5.70. The number of benzene rings is 3. The van der Waals surface area contributed by atoms with Crippen molar-refractivity contribution in [3.05, 3.63) is 80.3 Å². The van der Waals surface area contributed by atoms with Crippen LogP contribution in [-0.2, 0) is 13.0 Å². The average Bonchev–Trinajstić information content (AvgIpc) is 3.42. The van der Waals surface area contributed by atoms with Crippen molar-refractivity contribution in [2.75, 3.05) is 21.0 Å². The number of aromatic nitrogens is 2. The van der Waals surface area contributed by atoms with Crippen LogP contribution in [-0.4, -0.2) is 36.9 Å². The summed E-state index contributed by atoms with van der Waals surface area (Å²) in [5.41, 5.74) is 1.99. The Bertz CT molecular complexity index is 1580. The van der Waals surface area contributed by atoms with Crippen LogP contribution in [0.2, 0.25) is 0 Å². The fraction of sp³-hybridized carbons (Fsp3) is 0.276. The Morgan fingerprint density at radius 1 is 1.05 bits per heavy atom. The Kier molecular flexibility index (Phi) is 8.02. The Labute approximate surface area is 234 Å². The minimum Gasteiger partial charge on any atom is -0.493 e. The fourth-order valence-electron chi connectivity index (χ4n) is 4.24. The van der Waals surface area contributed by atoms with Crippen LogP contribution in [0.1, 0.15) is 36.7 Å². The molecule has 0 bridgehead atoms. The van der Waals surface area contributed by atoms with Crippen LogP contribution in [0.4, 0.5) is 0 Å². The van der Waals surface area contributed by atoms with Crippen molar-refractivity contribution in [2.45, 2.75) is 32.8 Å². The van der Waals surface area contributed by atoms with Gasteiger partial charge in [-0.1, -0.05) is 35.3 Å². The van der Waals surface area contributed by atoms with Crippen molar-refractivity contribution >= 4 is 33.0 Å². The molecular formula is C29H28BrN3O6. The molecule has 1 aliphatic rings. The third-order valence-corrected chi connectivity index (χ3v) is 6.75. The van der Waals surface area contributed by atoms with Crippen LogP contribution in [0.5, 0.6) is 28.7 Å². The number of hydrogen-bond donors (Lipinski definition) is 0. The summed E-state index contributed by atoms with van der Waals surface area (Å²) in [5, 5.41) is 5.03. The number of methoxy groups -OCH3 is 2. The van der Waals surface area contributed by atoms with Crippen molar-refractivity contribution in [1.82, 2.24) is 9.66 Å². The van der Waals surface area contributed by atoms with Crippen molar-refractivity contribution in [3.63, 3.8) is 0 Å². The van der Waals surface area contributed by atoms with Crippen molar-refractivity contribution in [3.8, 4) is 28.7 Å². The molecular weight excluding hydrogens is 566 g/mol. The first-order chi connectivity index (χ1) is 19.0. The second-order valence-corrected chi connectivity index (χ2v) is 9.80. The number of nitrogens with zero attached hydrogens (tertiary/aromatic N) is 3. The highest BCUT2D eigenvalue weighted by atomic mass is 79.9. The van der Waals surface area contributed by atoms with E-state index in [1.807, 2.05) is 30.3 Å². The Morgan fingerprint density at radius 3 is 2.56 bits per heavy atom. The minimum absolute atomic E-state index is 0.212.